The lowest BCUT2D eigenvalue weighted by molar-refractivity contribution is -0.130. The van der Waals surface area contributed by atoms with Crippen LogP contribution in [0.25, 0.3) is 0 Å². The van der Waals surface area contributed by atoms with E-state index in [9.17, 15) is 18.8 Å². The standard InChI is InChI=1S/C22H18FN3O5S/c23-15-3-7-18(8-4-15)30-12-20-24-16(13-32-20)11-31-22(29)14-1-5-17(6-2-14)26-21(28)10-9-19(27)25-26/h1-8,13H,9-12H2,(H,25,27). The Morgan fingerprint density at radius 2 is 1.81 bits per heavy atom. The monoisotopic (exact) mass is 455 g/mol. The molecule has 32 heavy (non-hydrogen) atoms. The van der Waals surface area contributed by atoms with E-state index in [4.69, 9.17) is 9.47 Å². The van der Waals surface area contributed by atoms with E-state index in [2.05, 4.69) is 10.4 Å². The summed E-state index contributed by atoms with van der Waals surface area (Å²) in [6.45, 7) is 0.214. The zero-order chi connectivity index (χ0) is 22.5. The number of rotatable bonds is 7. The SMILES string of the molecule is O=C1CCC(=O)N(c2ccc(C(=O)OCc3csc(COc4ccc(F)cc4)n3)cc2)N1. The summed E-state index contributed by atoms with van der Waals surface area (Å²) in [6.07, 6.45) is 0.302. The number of thiazole rings is 1. The lowest BCUT2D eigenvalue weighted by atomic mass is 10.2. The highest BCUT2D eigenvalue weighted by Gasteiger charge is 2.24. The fourth-order valence-corrected chi connectivity index (χ4v) is 3.60. The van der Waals surface area contributed by atoms with Gasteiger partial charge in [0, 0.05) is 18.2 Å². The van der Waals surface area contributed by atoms with Crippen LogP contribution in [0.15, 0.2) is 53.9 Å². The van der Waals surface area contributed by atoms with Crippen LogP contribution in [0, 0.1) is 5.82 Å². The van der Waals surface area contributed by atoms with Crippen molar-refractivity contribution in [2.24, 2.45) is 0 Å². The number of nitrogens with one attached hydrogen (secondary N) is 1. The maximum absolute atomic E-state index is 12.9. The number of carbonyl (C=O) groups is 3. The number of carbonyl (C=O) groups excluding carboxylic acids is 3. The van der Waals surface area contributed by atoms with Gasteiger partial charge in [0.2, 0.25) is 11.8 Å². The van der Waals surface area contributed by atoms with Crippen molar-refractivity contribution in [3.05, 3.63) is 76.0 Å². The van der Waals surface area contributed by atoms with E-state index in [0.717, 1.165) is 0 Å². The number of anilines is 1. The summed E-state index contributed by atoms with van der Waals surface area (Å²) in [5.74, 6) is -0.801. The molecule has 2 amide bonds. The molecule has 8 nitrogen and oxygen atoms in total. The van der Waals surface area contributed by atoms with Gasteiger partial charge >= 0.3 is 5.97 Å². The largest absolute Gasteiger partial charge is 0.486 e. The van der Waals surface area contributed by atoms with Gasteiger partial charge < -0.3 is 9.47 Å². The number of amides is 2. The molecule has 164 valence electrons. The number of halogens is 1. The molecule has 0 unspecified atom stereocenters. The number of benzene rings is 2. The molecule has 10 heteroatoms. The highest BCUT2D eigenvalue weighted by Crippen LogP contribution is 2.19. The van der Waals surface area contributed by atoms with E-state index < -0.39 is 5.97 Å². The number of hydrogen-bond acceptors (Lipinski definition) is 7. The first kappa shape index (κ1) is 21.4. The quantitative estimate of drug-likeness (QED) is 0.549. The Balaban J connectivity index is 1.28. The van der Waals surface area contributed by atoms with Gasteiger partial charge in [-0.2, -0.15) is 0 Å². The number of hydrazine groups is 1. The third-order valence-electron chi connectivity index (χ3n) is 4.54. The second kappa shape index (κ2) is 9.56. The van der Waals surface area contributed by atoms with Crippen LogP contribution in [0.5, 0.6) is 5.75 Å². The minimum absolute atomic E-state index is 0.00565. The molecule has 0 bridgehead atoms. The zero-order valence-corrected chi connectivity index (χ0v) is 17.6. The van der Waals surface area contributed by atoms with Crippen molar-refractivity contribution in [1.29, 1.82) is 0 Å². The third-order valence-corrected chi connectivity index (χ3v) is 5.41. The van der Waals surface area contributed by atoms with Crippen molar-refractivity contribution < 1.29 is 28.2 Å². The first-order valence-corrected chi connectivity index (χ1v) is 10.6. The fourth-order valence-electron chi connectivity index (χ4n) is 2.91. The predicted octanol–water partition coefficient (Wildman–Crippen LogP) is 3.38. The number of esters is 1. The summed E-state index contributed by atoms with van der Waals surface area (Å²) in [4.78, 5) is 40.1. The molecule has 0 saturated carbocycles. The molecule has 0 radical (unpaired) electrons. The summed E-state index contributed by atoms with van der Waals surface area (Å²) in [5.41, 5.74) is 3.85. The van der Waals surface area contributed by atoms with Gasteiger partial charge in [0.25, 0.3) is 0 Å². The second-order valence-corrected chi connectivity index (χ2v) is 7.80. The Labute approximate surface area is 186 Å². The Morgan fingerprint density at radius 3 is 2.56 bits per heavy atom. The second-order valence-electron chi connectivity index (χ2n) is 6.86. The first-order chi connectivity index (χ1) is 15.5. The van der Waals surface area contributed by atoms with E-state index in [1.807, 2.05) is 0 Å². The minimum atomic E-state index is -0.539. The lowest BCUT2D eigenvalue weighted by Crippen LogP contribution is -2.50. The molecular formula is C22H18FN3O5S. The van der Waals surface area contributed by atoms with Crippen molar-refractivity contribution >= 4 is 34.8 Å². The molecule has 2 heterocycles. The van der Waals surface area contributed by atoms with Gasteiger partial charge in [-0.1, -0.05) is 0 Å². The predicted molar refractivity (Wildman–Crippen MR) is 113 cm³/mol. The topological polar surface area (TPSA) is 97.8 Å². The average molecular weight is 455 g/mol. The molecule has 4 rings (SSSR count). The highest BCUT2D eigenvalue weighted by molar-refractivity contribution is 7.09. The van der Waals surface area contributed by atoms with E-state index in [0.29, 0.717) is 27.7 Å². The summed E-state index contributed by atoms with van der Waals surface area (Å²) >= 11 is 1.36. The minimum Gasteiger partial charge on any atom is -0.486 e. The Bertz CT molecular complexity index is 1130. The van der Waals surface area contributed by atoms with E-state index in [-0.39, 0.29) is 43.7 Å². The molecule has 0 spiro atoms. The molecular weight excluding hydrogens is 437 g/mol. The van der Waals surface area contributed by atoms with Gasteiger partial charge in [0.1, 0.15) is 29.8 Å². The molecule has 1 aromatic heterocycles. The zero-order valence-electron chi connectivity index (χ0n) is 16.7. The molecule has 1 N–H and O–H groups in total. The smallest absolute Gasteiger partial charge is 0.338 e. The Kier molecular flexibility index (Phi) is 6.41. The van der Waals surface area contributed by atoms with Crippen LogP contribution in [-0.2, 0) is 27.5 Å². The van der Waals surface area contributed by atoms with Gasteiger partial charge in [0.05, 0.1) is 16.9 Å². The molecule has 3 aromatic rings. The fraction of sp³-hybridized carbons (Fsp3) is 0.182. The molecule has 1 aliphatic rings. The molecule has 1 fully saturated rings. The van der Waals surface area contributed by atoms with Gasteiger partial charge in [-0.3, -0.25) is 15.0 Å². The average Bonchev–Trinajstić information content (AvgIpc) is 3.27. The Hall–Kier alpha value is -3.79. The molecule has 0 atom stereocenters. The van der Waals surface area contributed by atoms with E-state index in [1.165, 1.54) is 52.7 Å². The van der Waals surface area contributed by atoms with Gasteiger partial charge in [-0.05, 0) is 48.5 Å². The normalized spacial score (nSPS) is 13.6. The molecule has 1 saturated heterocycles. The maximum atomic E-state index is 12.9. The van der Waals surface area contributed by atoms with Crippen molar-refractivity contribution in [1.82, 2.24) is 10.4 Å². The van der Waals surface area contributed by atoms with Gasteiger partial charge in [0.15, 0.2) is 0 Å². The van der Waals surface area contributed by atoms with Crippen LogP contribution >= 0.6 is 11.3 Å². The maximum Gasteiger partial charge on any atom is 0.338 e. The van der Waals surface area contributed by atoms with Crippen molar-refractivity contribution in [2.75, 3.05) is 5.01 Å². The summed E-state index contributed by atoms with van der Waals surface area (Å²) in [6, 6.07) is 11.9. The van der Waals surface area contributed by atoms with Gasteiger partial charge in [-0.15, -0.1) is 11.3 Å². The highest BCUT2D eigenvalue weighted by atomic mass is 32.1. The number of hydrogen-bond donors (Lipinski definition) is 1. The number of ether oxygens (including phenoxy) is 2. The summed E-state index contributed by atoms with van der Waals surface area (Å²) in [5, 5.41) is 3.63. The molecule has 0 aliphatic carbocycles. The van der Waals surface area contributed by atoms with Crippen molar-refractivity contribution in [3.8, 4) is 5.75 Å². The Morgan fingerprint density at radius 1 is 1.06 bits per heavy atom. The molecule has 1 aliphatic heterocycles. The lowest BCUT2D eigenvalue weighted by Gasteiger charge is -2.27. The number of aromatic nitrogens is 1. The third kappa shape index (κ3) is 5.27. The van der Waals surface area contributed by atoms with E-state index >= 15 is 0 Å². The summed E-state index contributed by atoms with van der Waals surface area (Å²) in [7, 11) is 0. The van der Waals surface area contributed by atoms with Gasteiger partial charge in [-0.25, -0.2) is 19.2 Å². The molecule has 2 aromatic carbocycles. The number of nitrogens with zero attached hydrogens (tertiary/aromatic N) is 2. The van der Waals surface area contributed by atoms with E-state index in [1.54, 1.807) is 17.5 Å². The van der Waals surface area contributed by atoms with Crippen LogP contribution < -0.4 is 15.2 Å². The first-order valence-electron chi connectivity index (χ1n) is 9.69. The van der Waals surface area contributed by atoms with Crippen LogP contribution in [0.1, 0.15) is 33.9 Å². The summed E-state index contributed by atoms with van der Waals surface area (Å²) < 4.78 is 23.8. The van der Waals surface area contributed by atoms with Crippen molar-refractivity contribution in [3.63, 3.8) is 0 Å². The van der Waals surface area contributed by atoms with Crippen LogP contribution in [-0.4, -0.2) is 22.8 Å². The van der Waals surface area contributed by atoms with Crippen molar-refractivity contribution in [2.45, 2.75) is 26.1 Å². The van der Waals surface area contributed by atoms with Crippen LogP contribution in [0.2, 0.25) is 0 Å². The van der Waals surface area contributed by atoms with Crippen LogP contribution in [0.4, 0.5) is 10.1 Å². The van der Waals surface area contributed by atoms with Crippen LogP contribution in [0.3, 0.4) is 0 Å².